The molecule has 1 atom stereocenters. The van der Waals surface area contributed by atoms with E-state index in [4.69, 9.17) is 5.73 Å². The molecule has 0 aliphatic heterocycles. The van der Waals surface area contributed by atoms with Crippen LogP contribution < -0.4 is 5.73 Å². The smallest absolute Gasteiger partial charge is 0.126 e. The van der Waals surface area contributed by atoms with Crippen LogP contribution >= 0.6 is 0 Å². The second-order valence-corrected chi connectivity index (χ2v) is 3.78. The summed E-state index contributed by atoms with van der Waals surface area (Å²) >= 11 is 0. The molecule has 0 amide bonds. The summed E-state index contributed by atoms with van der Waals surface area (Å²) in [6.07, 6.45) is 0. The highest BCUT2D eigenvalue weighted by atomic mass is 19.1. The quantitative estimate of drug-likeness (QED) is 0.746. The molecule has 0 heterocycles. The second kappa shape index (κ2) is 3.88. The SMILES string of the molecule is Cc1cc(C(N)C(C)C)ccc1F. The average molecular weight is 181 g/mol. The summed E-state index contributed by atoms with van der Waals surface area (Å²) in [5, 5.41) is 0. The lowest BCUT2D eigenvalue weighted by Gasteiger charge is -2.16. The van der Waals surface area contributed by atoms with Crippen molar-refractivity contribution in [1.29, 1.82) is 0 Å². The highest BCUT2D eigenvalue weighted by Gasteiger charge is 2.10. The maximum absolute atomic E-state index is 12.9. The van der Waals surface area contributed by atoms with Gasteiger partial charge in [-0.3, -0.25) is 0 Å². The first kappa shape index (κ1) is 10.2. The summed E-state index contributed by atoms with van der Waals surface area (Å²) in [5.74, 6) is 0.213. The number of rotatable bonds is 2. The second-order valence-electron chi connectivity index (χ2n) is 3.78. The lowest BCUT2D eigenvalue weighted by atomic mass is 9.96. The van der Waals surface area contributed by atoms with Gasteiger partial charge in [0, 0.05) is 6.04 Å². The van der Waals surface area contributed by atoms with Gasteiger partial charge in [-0.1, -0.05) is 26.0 Å². The topological polar surface area (TPSA) is 26.0 Å². The van der Waals surface area contributed by atoms with Crippen molar-refractivity contribution in [3.05, 3.63) is 35.1 Å². The Hall–Kier alpha value is -0.890. The third-order valence-corrected chi connectivity index (χ3v) is 2.29. The molecular weight excluding hydrogens is 165 g/mol. The molecule has 0 aliphatic rings. The lowest BCUT2D eigenvalue weighted by Crippen LogP contribution is -2.16. The highest BCUT2D eigenvalue weighted by Crippen LogP contribution is 2.20. The van der Waals surface area contributed by atoms with Gasteiger partial charge in [-0.25, -0.2) is 4.39 Å². The fourth-order valence-corrected chi connectivity index (χ4v) is 1.26. The monoisotopic (exact) mass is 181 g/mol. The van der Waals surface area contributed by atoms with Gasteiger partial charge in [0.2, 0.25) is 0 Å². The fourth-order valence-electron chi connectivity index (χ4n) is 1.26. The number of hydrogen-bond acceptors (Lipinski definition) is 1. The molecule has 1 unspecified atom stereocenters. The van der Waals surface area contributed by atoms with Crippen molar-refractivity contribution >= 4 is 0 Å². The lowest BCUT2D eigenvalue weighted by molar-refractivity contribution is 0.512. The van der Waals surface area contributed by atoms with Gasteiger partial charge in [-0.05, 0) is 30.0 Å². The standard InChI is InChI=1S/C11H16FN/c1-7(2)11(13)9-4-5-10(12)8(3)6-9/h4-7,11H,13H2,1-3H3. The van der Waals surface area contributed by atoms with Crippen molar-refractivity contribution in [3.63, 3.8) is 0 Å². The van der Waals surface area contributed by atoms with Gasteiger partial charge in [0.25, 0.3) is 0 Å². The molecule has 0 aromatic heterocycles. The van der Waals surface area contributed by atoms with Gasteiger partial charge in [-0.2, -0.15) is 0 Å². The first-order valence-corrected chi connectivity index (χ1v) is 4.54. The Morgan fingerprint density at radius 1 is 1.31 bits per heavy atom. The zero-order valence-corrected chi connectivity index (χ0v) is 8.34. The number of halogens is 1. The average Bonchev–Trinajstić information content (AvgIpc) is 2.08. The van der Waals surface area contributed by atoms with Gasteiger partial charge in [0.05, 0.1) is 0 Å². The van der Waals surface area contributed by atoms with Crippen LogP contribution in [-0.2, 0) is 0 Å². The van der Waals surface area contributed by atoms with Gasteiger partial charge in [-0.15, -0.1) is 0 Å². The van der Waals surface area contributed by atoms with Crippen LogP contribution in [0.5, 0.6) is 0 Å². The van der Waals surface area contributed by atoms with Crippen molar-refractivity contribution in [2.45, 2.75) is 26.8 Å². The van der Waals surface area contributed by atoms with E-state index in [2.05, 4.69) is 13.8 Å². The molecule has 0 radical (unpaired) electrons. The van der Waals surface area contributed by atoms with E-state index in [1.165, 1.54) is 6.07 Å². The van der Waals surface area contributed by atoms with Crippen LogP contribution in [-0.4, -0.2) is 0 Å². The zero-order valence-electron chi connectivity index (χ0n) is 8.34. The minimum Gasteiger partial charge on any atom is -0.324 e. The summed E-state index contributed by atoms with van der Waals surface area (Å²) in [6.45, 7) is 5.87. The predicted octanol–water partition coefficient (Wildman–Crippen LogP) is 2.79. The van der Waals surface area contributed by atoms with E-state index in [-0.39, 0.29) is 11.9 Å². The van der Waals surface area contributed by atoms with E-state index < -0.39 is 0 Å². The van der Waals surface area contributed by atoms with Crippen molar-refractivity contribution in [1.82, 2.24) is 0 Å². The first-order chi connectivity index (χ1) is 6.02. The van der Waals surface area contributed by atoms with Crippen LogP contribution in [0.3, 0.4) is 0 Å². The Labute approximate surface area is 78.8 Å². The van der Waals surface area contributed by atoms with E-state index in [1.807, 2.05) is 6.07 Å². The summed E-state index contributed by atoms with van der Waals surface area (Å²) < 4.78 is 12.9. The van der Waals surface area contributed by atoms with Crippen LogP contribution in [0, 0.1) is 18.7 Å². The van der Waals surface area contributed by atoms with Crippen LogP contribution in [0.2, 0.25) is 0 Å². The van der Waals surface area contributed by atoms with E-state index in [0.717, 1.165) is 5.56 Å². The summed E-state index contributed by atoms with van der Waals surface area (Å²) in [6, 6.07) is 5.05. The molecule has 0 fully saturated rings. The molecule has 1 rings (SSSR count). The number of aryl methyl sites for hydroxylation is 1. The van der Waals surface area contributed by atoms with Crippen LogP contribution in [0.4, 0.5) is 4.39 Å². The molecule has 1 nitrogen and oxygen atoms in total. The Bertz CT molecular complexity index is 294. The molecule has 13 heavy (non-hydrogen) atoms. The van der Waals surface area contributed by atoms with Crippen LogP contribution in [0.1, 0.15) is 31.0 Å². The molecule has 1 aromatic carbocycles. The maximum atomic E-state index is 12.9. The van der Waals surface area contributed by atoms with Crippen molar-refractivity contribution in [2.24, 2.45) is 11.7 Å². The normalized spacial score (nSPS) is 13.4. The predicted molar refractivity (Wildman–Crippen MR) is 52.9 cm³/mol. The first-order valence-electron chi connectivity index (χ1n) is 4.54. The molecule has 2 heteroatoms. The summed E-state index contributed by atoms with van der Waals surface area (Å²) in [5.41, 5.74) is 7.60. The van der Waals surface area contributed by atoms with Crippen LogP contribution in [0.15, 0.2) is 18.2 Å². The fraction of sp³-hybridized carbons (Fsp3) is 0.455. The van der Waals surface area contributed by atoms with Crippen LogP contribution in [0.25, 0.3) is 0 Å². The molecular formula is C11H16FN. The molecule has 72 valence electrons. The molecule has 0 bridgehead atoms. The Morgan fingerprint density at radius 3 is 2.38 bits per heavy atom. The van der Waals surface area contributed by atoms with Crippen molar-refractivity contribution < 1.29 is 4.39 Å². The molecule has 0 saturated carbocycles. The summed E-state index contributed by atoms with van der Waals surface area (Å²) in [4.78, 5) is 0. The molecule has 2 N–H and O–H groups in total. The van der Waals surface area contributed by atoms with Gasteiger partial charge >= 0.3 is 0 Å². The van der Waals surface area contributed by atoms with Crippen molar-refractivity contribution in [2.75, 3.05) is 0 Å². The summed E-state index contributed by atoms with van der Waals surface area (Å²) in [7, 11) is 0. The minimum absolute atomic E-state index is 0.000648. The molecule has 0 aliphatic carbocycles. The van der Waals surface area contributed by atoms with E-state index in [9.17, 15) is 4.39 Å². The van der Waals surface area contributed by atoms with Gasteiger partial charge in [0.1, 0.15) is 5.82 Å². The third-order valence-electron chi connectivity index (χ3n) is 2.29. The number of hydrogen-bond donors (Lipinski definition) is 1. The molecule has 1 aromatic rings. The minimum atomic E-state index is -0.167. The Morgan fingerprint density at radius 2 is 1.92 bits per heavy atom. The Kier molecular flexibility index (Phi) is 3.04. The zero-order chi connectivity index (χ0) is 10.0. The van der Waals surface area contributed by atoms with Gasteiger partial charge < -0.3 is 5.73 Å². The maximum Gasteiger partial charge on any atom is 0.126 e. The molecule has 0 saturated heterocycles. The van der Waals surface area contributed by atoms with Gasteiger partial charge in [0.15, 0.2) is 0 Å². The van der Waals surface area contributed by atoms with Crippen molar-refractivity contribution in [3.8, 4) is 0 Å². The van der Waals surface area contributed by atoms with E-state index in [1.54, 1.807) is 13.0 Å². The van der Waals surface area contributed by atoms with E-state index >= 15 is 0 Å². The largest absolute Gasteiger partial charge is 0.324 e. The number of nitrogens with two attached hydrogens (primary N) is 1. The number of benzene rings is 1. The Balaban J connectivity index is 2.97. The highest BCUT2D eigenvalue weighted by molar-refractivity contribution is 5.26. The van der Waals surface area contributed by atoms with E-state index in [0.29, 0.717) is 11.5 Å². The molecule has 0 spiro atoms. The third kappa shape index (κ3) is 2.28.